The van der Waals surface area contributed by atoms with Crippen molar-refractivity contribution < 1.29 is 0 Å². The molecule has 0 amide bonds. The van der Waals surface area contributed by atoms with Crippen LogP contribution >= 0.6 is 11.5 Å². The lowest BCUT2D eigenvalue weighted by Crippen LogP contribution is -1.59. The van der Waals surface area contributed by atoms with Gasteiger partial charge in [-0.15, -0.1) is 5.10 Å². The fraction of sp³-hybridized carbons (Fsp3) is 0. The Labute approximate surface area is 49.5 Å². The summed E-state index contributed by atoms with van der Waals surface area (Å²) in [5.74, 6) is 0. The Bertz CT molecular complexity index is 233. The van der Waals surface area contributed by atoms with Crippen LogP contribution < -0.4 is 0 Å². The molecule has 0 saturated heterocycles. The number of fused-ring (bicyclic) bond motifs is 1. The number of nitrogens with zero attached hydrogens (tertiary/aromatic N) is 2. The fourth-order valence-corrected chi connectivity index (χ4v) is 1.13. The molecular weight excluding hydrogens is 122 g/mol. The predicted molar refractivity (Wildman–Crippen MR) is 31.8 cm³/mol. The number of hydrogen-bond donors (Lipinski definition) is 1. The Hall–Kier alpha value is -0.900. The van der Waals surface area contributed by atoms with Gasteiger partial charge in [0.05, 0.1) is 4.70 Å². The van der Waals surface area contributed by atoms with Crippen molar-refractivity contribution in [3.05, 3.63) is 12.4 Å². The average Bonchev–Trinajstić information content (AvgIpc) is 2.15. The van der Waals surface area contributed by atoms with Gasteiger partial charge in [0, 0.05) is 12.4 Å². The quantitative estimate of drug-likeness (QED) is 0.571. The zero-order chi connectivity index (χ0) is 5.40. The molecule has 0 unspecified atom stereocenters. The molecule has 2 aromatic heterocycles. The molecule has 0 radical (unpaired) electrons. The number of nitrogens with one attached hydrogen (secondary N) is 1. The van der Waals surface area contributed by atoms with Gasteiger partial charge in [-0.25, -0.2) is 0 Å². The van der Waals surface area contributed by atoms with Crippen LogP contribution in [-0.4, -0.2) is 14.6 Å². The first kappa shape index (κ1) is 4.03. The van der Waals surface area contributed by atoms with Crippen LogP contribution in [0.5, 0.6) is 0 Å². The minimum atomic E-state index is 0.954. The maximum absolute atomic E-state index is 3.82. The summed E-state index contributed by atoms with van der Waals surface area (Å²) in [5, 5.41) is 3.82. The number of H-pyrrole nitrogens is 1. The van der Waals surface area contributed by atoms with Crippen molar-refractivity contribution in [2.45, 2.75) is 0 Å². The predicted octanol–water partition coefficient (Wildman–Crippen LogP) is 1.02. The molecule has 0 bridgehead atoms. The Balaban J connectivity index is 3.06. The summed E-state index contributed by atoms with van der Waals surface area (Å²) in [6.07, 6.45) is 3.72. The minimum absolute atomic E-state index is 0.954. The Morgan fingerprint density at radius 2 is 2.50 bits per heavy atom. The van der Waals surface area contributed by atoms with Crippen molar-refractivity contribution in [1.82, 2.24) is 14.6 Å². The van der Waals surface area contributed by atoms with E-state index < -0.39 is 0 Å². The van der Waals surface area contributed by atoms with E-state index in [1.807, 2.05) is 12.4 Å². The topological polar surface area (TPSA) is 41.6 Å². The molecule has 0 aliphatic rings. The van der Waals surface area contributed by atoms with E-state index in [0.29, 0.717) is 0 Å². The molecule has 40 valence electrons. The van der Waals surface area contributed by atoms with E-state index in [2.05, 4.69) is 14.6 Å². The van der Waals surface area contributed by atoms with E-state index in [9.17, 15) is 0 Å². The highest BCUT2D eigenvalue weighted by molar-refractivity contribution is 7.12. The van der Waals surface area contributed by atoms with Crippen LogP contribution in [0.25, 0.3) is 10.2 Å². The van der Waals surface area contributed by atoms with E-state index in [4.69, 9.17) is 0 Å². The third-order valence-electron chi connectivity index (χ3n) is 0.975. The third-order valence-corrected chi connectivity index (χ3v) is 1.66. The molecule has 0 aliphatic carbocycles. The number of hydrogen-bond acceptors (Lipinski definition) is 3. The van der Waals surface area contributed by atoms with E-state index in [0.717, 1.165) is 10.2 Å². The Kier molecular flexibility index (Phi) is 0.648. The molecule has 4 heteroatoms. The molecule has 2 heterocycles. The van der Waals surface area contributed by atoms with Crippen LogP contribution in [0.3, 0.4) is 0 Å². The van der Waals surface area contributed by atoms with Crippen LogP contribution in [0.4, 0.5) is 0 Å². The standard InChI is InChI=1S/C4H3N3S/c1-3-4(2-5-1)8-7-6-3/h1-2,5H. The van der Waals surface area contributed by atoms with Crippen molar-refractivity contribution in [3.63, 3.8) is 0 Å². The molecule has 2 rings (SSSR count). The molecule has 1 N–H and O–H groups in total. The number of aromatic nitrogens is 3. The summed E-state index contributed by atoms with van der Waals surface area (Å²) in [7, 11) is 0. The molecular formula is C4H3N3S. The monoisotopic (exact) mass is 125 g/mol. The maximum Gasteiger partial charge on any atom is 0.123 e. The number of rotatable bonds is 0. The minimum Gasteiger partial charge on any atom is -0.364 e. The second kappa shape index (κ2) is 1.29. The van der Waals surface area contributed by atoms with E-state index >= 15 is 0 Å². The largest absolute Gasteiger partial charge is 0.364 e. The summed E-state index contributed by atoms with van der Waals surface area (Å²) in [5.41, 5.74) is 0.954. The highest BCUT2D eigenvalue weighted by Crippen LogP contribution is 2.11. The summed E-state index contributed by atoms with van der Waals surface area (Å²) < 4.78 is 4.85. The normalized spacial score (nSPS) is 10.5. The van der Waals surface area contributed by atoms with Crippen LogP contribution in [0.2, 0.25) is 0 Å². The Morgan fingerprint density at radius 1 is 1.50 bits per heavy atom. The number of aromatic amines is 1. The molecule has 3 nitrogen and oxygen atoms in total. The van der Waals surface area contributed by atoms with Crippen molar-refractivity contribution in [2.75, 3.05) is 0 Å². The van der Waals surface area contributed by atoms with Gasteiger partial charge in [-0.05, 0) is 11.5 Å². The zero-order valence-electron chi connectivity index (χ0n) is 3.96. The van der Waals surface area contributed by atoms with Crippen LogP contribution in [0.15, 0.2) is 12.4 Å². The highest BCUT2D eigenvalue weighted by Gasteiger charge is 1.93. The summed E-state index contributed by atoms with van der Waals surface area (Å²) in [6.45, 7) is 0. The molecule has 0 saturated carbocycles. The fourth-order valence-electron chi connectivity index (χ4n) is 0.601. The zero-order valence-corrected chi connectivity index (χ0v) is 4.77. The van der Waals surface area contributed by atoms with Crippen LogP contribution in [0, 0.1) is 0 Å². The van der Waals surface area contributed by atoms with Gasteiger partial charge in [0.2, 0.25) is 0 Å². The van der Waals surface area contributed by atoms with Gasteiger partial charge in [-0.1, -0.05) is 4.49 Å². The third kappa shape index (κ3) is 0.376. The van der Waals surface area contributed by atoms with Gasteiger partial charge in [-0.2, -0.15) is 0 Å². The van der Waals surface area contributed by atoms with Gasteiger partial charge in [0.1, 0.15) is 5.52 Å². The lowest BCUT2D eigenvalue weighted by atomic mass is 10.6. The molecule has 8 heavy (non-hydrogen) atoms. The molecule has 0 aromatic carbocycles. The molecule has 0 fully saturated rings. The van der Waals surface area contributed by atoms with Crippen molar-refractivity contribution >= 4 is 21.7 Å². The molecule has 2 aromatic rings. The van der Waals surface area contributed by atoms with Gasteiger partial charge < -0.3 is 4.98 Å². The lowest BCUT2D eigenvalue weighted by molar-refractivity contribution is 1.19. The second-order valence-corrected chi connectivity index (χ2v) is 2.26. The van der Waals surface area contributed by atoms with Gasteiger partial charge in [0.25, 0.3) is 0 Å². The highest BCUT2D eigenvalue weighted by atomic mass is 32.1. The summed E-state index contributed by atoms with van der Waals surface area (Å²) in [4.78, 5) is 2.93. The van der Waals surface area contributed by atoms with Crippen LogP contribution in [0.1, 0.15) is 0 Å². The first-order chi connectivity index (χ1) is 3.97. The molecule has 0 spiro atoms. The smallest absolute Gasteiger partial charge is 0.123 e. The van der Waals surface area contributed by atoms with Gasteiger partial charge >= 0.3 is 0 Å². The summed E-state index contributed by atoms with van der Waals surface area (Å²) >= 11 is 1.40. The molecule has 0 aliphatic heterocycles. The van der Waals surface area contributed by atoms with E-state index in [1.54, 1.807) is 0 Å². The van der Waals surface area contributed by atoms with Crippen LogP contribution in [-0.2, 0) is 0 Å². The van der Waals surface area contributed by atoms with Crippen molar-refractivity contribution in [2.24, 2.45) is 0 Å². The van der Waals surface area contributed by atoms with E-state index in [1.165, 1.54) is 11.5 Å². The second-order valence-electron chi connectivity index (χ2n) is 1.48. The lowest BCUT2D eigenvalue weighted by Gasteiger charge is -1.58. The average molecular weight is 125 g/mol. The van der Waals surface area contributed by atoms with E-state index in [-0.39, 0.29) is 0 Å². The van der Waals surface area contributed by atoms with Gasteiger partial charge in [-0.3, -0.25) is 0 Å². The van der Waals surface area contributed by atoms with Gasteiger partial charge in [0.15, 0.2) is 0 Å². The SMILES string of the molecule is c1[nH]cc2snnc12. The first-order valence-electron chi connectivity index (χ1n) is 2.22. The van der Waals surface area contributed by atoms with Crippen molar-refractivity contribution in [3.8, 4) is 0 Å². The maximum atomic E-state index is 3.82. The van der Waals surface area contributed by atoms with Crippen molar-refractivity contribution in [1.29, 1.82) is 0 Å². The Morgan fingerprint density at radius 3 is 3.38 bits per heavy atom. The summed E-state index contributed by atoms with van der Waals surface area (Å²) in [6, 6.07) is 0. The first-order valence-corrected chi connectivity index (χ1v) is 2.99. The molecule has 0 atom stereocenters.